The molecule has 0 saturated carbocycles. The van der Waals surface area contributed by atoms with Crippen LogP contribution in [0.4, 0.5) is 57.1 Å². The van der Waals surface area contributed by atoms with E-state index in [0.29, 0.717) is 12.8 Å². The van der Waals surface area contributed by atoms with Crippen molar-refractivity contribution in [2.24, 2.45) is 0 Å². The molecule has 0 atom stereocenters. The molecule has 0 unspecified atom stereocenters. The van der Waals surface area contributed by atoms with Crippen molar-refractivity contribution in [2.45, 2.75) is 68.4 Å². The second kappa shape index (κ2) is 8.13. The Kier molecular flexibility index (Phi) is 7.99. The fourth-order valence-corrected chi connectivity index (χ4v) is 2.46. The standard InChI is InChI=1S/C13H12F13I/c1-2-3-4-5-7(27)6-8(14,15)9(16,17)10(18,19)11(20,21)12(22,23)13(24,25)26/h6H,2-5H2,1H3/b7-6+. The highest BCUT2D eigenvalue weighted by Crippen LogP contribution is 2.60. The molecule has 14 heteroatoms. The third kappa shape index (κ3) is 4.77. The Balaban J connectivity index is 6.05. The zero-order chi connectivity index (χ0) is 22.1. The average Bonchev–Trinajstić information content (AvgIpc) is 2.44. The lowest BCUT2D eigenvalue weighted by Crippen LogP contribution is -2.69. The Morgan fingerprint density at radius 1 is 0.667 bits per heavy atom. The summed E-state index contributed by atoms with van der Waals surface area (Å²) in [7, 11) is 0. The third-order valence-electron chi connectivity index (χ3n) is 3.31. The number of alkyl halides is 13. The van der Waals surface area contributed by atoms with E-state index in [0.717, 1.165) is 22.6 Å². The van der Waals surface area contributed by atoms with Crippen molar-refractivity contribution in [2.75, 3.05) is 0 Å². The molecular weight excluding hydrogens is 530 g/mol. The topological polar surface area (TPSA) is 0 Å². The maximum Gasteiger partial charge on any atom is 0.460 e. The van der Waals surface area contributed by atoms with Crippen LogP contribution in [0.2, 0.25) is 0 Å². The van der Waals surface area contributed by atoms with Crippen molar-refractivity contribution in [1.29, 1.82) is 0 Å². The average molecular weight is 542 g/mol. The number of halogens is 14. The van der Waals surface area contributed by atoms with Gasteiger partial charge in [-0.15, -0.1) is 0 Å². The van der Waals surface area contributed by atoms with Crippen LogP contribution in [0.5, 0.6) is 0 Å². The van der Waals surface area contributed by atoms with Gasteiger partial charge < -0.3 is 0 Å². The van der Waals surface area contributed by atoms with E-state index in [1.165, 1.54) is 0 Å². The largest absolute Gasteiger partial charge is 0.460 e. The Bertz CT molecular complexity index is 533. The normalized spacial score (nSPS) is 16.0. The van der Waals surface area contributed by atoms with Gasteiger partial charge in [-0.05, 0) is 39.0 Å². The predicted octanol–water partition coefficient (Wildman–Crippen LogP) is 7.62. The van der Waals surface area contributed by atoms with E-state index in [4.69, 9.17) is 0 Å². The van der Waals surface area contributed by atoms with Crippen molar-refractivity contribution in [3.63, 3.8) is 0 Å². The summed E-state index contributed by atoms with van der Waals surface area (Å²) in [5, 5.41) is 0. The minimum atomic E-state index is -7.85. The van der Waals surface area contributed by atoms with Gasteiger partial charge in [0.25, 0.3) is 0 Å². The van der Waals surface area contributed by atoms with Crippen LogP contribution in [0.15, 0.2) is 9.66 Å². The first-order valence-corrected chi connectivity index (χ1v) is 8.11. The smallest absolute Gasteiger partial charge is 0.195 e. The van der Waals surface area contributed by atoms with Crippen molar-refractivity contribution in [1.82, 2.24) is 0 Å². The van der Waals surface area contributed by atoms with E-state index in [9.17, 15) is 57.1 Å². The van der Waals surface area contributed by atoms with Crippen molar-refractivity contribution in [3.8, 4) is 0 Å². The summed E-state index contributed by atoms with van der Waals surface area (Å²) >= 11 is 1.01. The summed E-state index contributed by atoms with van der Waals surface area (Å²) in [4.78, 5) is 0. The van der Waals surface area contributed by atoms with Crippen LogP contribution in [0, 0.1) is 0 Å². The van der Waals surface area contributed by atoms with Crippen molar-refractivity contribution >= 4 is 22.6 Å². The van der Waals surface area contributed by atoms with E-state index >= 15 is 0 Å². The van der Waals surface area contributed by atoms with Crippen LogP contribution in [0.3, 0.4) is 0 Å². The van der Waals surface area contributed by atoms with Gasteiger partial charge >= 0.3 is 35.8 Å². The molecular formula is C13H12F13I. The molecule has 0 nitrogen and oxygen atoms in total. The lowest BCUT2D eigenvalue weighted by atomic mass is 9.93. The number of allylic oxidation sites excluding steroid dienone is 2. The third-order valence-corrected chi connectivity index (χ3v) is 4.17. The molecule has 0 aliphatic carbocycles. The van der Waals surface area contributed by atoms with Gasteiger partial charge in [0.2, 0.25) is 0 Å². The Hall–Kier alpha value is -0.440. The molecule has 0 bridgehead atoms. The van der Waals surface area contributed by atoms with E-state index in [-0.39, 0.29) is 12.8 Å². The fraction of sp³-hybridized carbons (Fsp3) is 0.846. The first-order valence-electron chi connectivity index (χ1n) is 7.03. The molecule has 0 radical (unpaired) electrons. The van der Waals surface area contributed by atoms with Crippen LogP contribution >= 0.6 is 22.6 Å². The van der Waals surface area contributed by atoms with Gasteiger partial charge in [-0.3, -0.25) is 0 Å². The maximum atomic E-state index is 13.5. The molecule has 0 N–H and O–H groups in total. The molecule has 0 aromatic heterocycles. The minimum Gasteiger partial charge on any atom is -0.195 e. The van der Waals surface area contributed by atoms with Crippen LogP contribution in [0.1, 0.15) is 32.6 Å². The summed E-state index contributed by atoms with van der Waals surface area (Å²) in [5.74, 6) is -36.7. The zero-order valence-corrected chi connectivity index (χ0v) is 15.4. The van der Waals surface area contributed by atoms with Gasteiger partial charge in [0.05, 0.1) is 0 Å². The zero-order valence-electron chi connectivity index (χ0n) is 13.2. The Morgan fingerprint density at radius 3 is 1.44 bits per heavy atom. The summed E-state index contributed by atoms with van der Waals surface area (Å²) in [5.41, 5.74) is 0. The molecule has 0 saturated heterocycles. The summed E-state index contributed by atoms with van der Waals surface area (Å²) in [6.07, 6.45) is -7.50. The van der Waals surface area contributed by atoms with Gasteiger partial charge in [0, 0.05) is 6.08 Å². The first kappa shape index (κ1) is 26.6. The minimum absolute atomic E-state index is 0.131. The second-order valence-electron chi connectivity index (χ2n) is 5.47. The molecule has 0 amide bonds. The predicted molar refractivity (Wildman–Crippen MR) is 77.0 cm³/mol. The SMILES string of the molecule is CCCCC/C(I)=C\C(F)(F)C(F)(F)C(F)(F)C(F)(F)C(F)(F)C(F)(F)F. The molecule has 0 spiro atoms. The molecule has 162 valence electrons. The van der Waals surface area contributed by atoms with Crippen LogP contribution in [-0.2, 0) is 0 Å². The van der Waals surface area contributed by atoms with Gasteiger partial charge in [-0.2, -0.15) is 57.1 Å². The Morgan fingerprint density at radius 2 is 1.07 bits per heavy atom. The van der Waals surface area contributed by atoms with Crippen LogP contribution in [-0.4, -0.2) is 35.8 Å². The molecule has 0 heterocycles. The Labute approximate surface area is 158 Å². The lowest BCUT2D eigenvalue weighted by molar-refractivity contribution is -0.436. The van der Waals surface area contributed by atoms with Crippen LogP contribution < -0.4 is 0 Å². The summed E-state index contributed by atoms with van der Waals surface area (Å²) in [6.45, 7) is 1.67. The molecule has 0 fully saturated rings. The molecule has 0 aromatic carbocycles. The van der Waals surface area contributed by atoms with Gasteiger partial charge in [0.1, 0.15) is 0 Å². The number of hydrogen-bond donors (Lipinski definition) is 0. The molecule has 0 rings (SSSR count). The fourth-order valence-electron chi connectivity index (χ4n) is 1.69. The van der Waals surface area contributed by atoms with Gasteiger partial charge in [-0.25, -0.2) is 0 Å². The maximum absolute atomic E-state index is 13.5. The number of rotatable bonds is 9. The monoisotopic (exact) mass is 542 g/mol. The highest BCUT2D eigenvalue weighted by Gasteiger charge is 2.90. The van der Waals surface area contributed by atoms with E-state index in [1.807, 2.05) is 0 Å². The van der Waals surface area contributed by atoms with Crippen molar-refractivity contribution < 1.29 is 57.1 Å². The van der Waals surface area contributed by atoms with E-state index < -0.39 is 45.4 Å². The van der Waals surface area contributed by atoms with E-state index in [1.54, 1.807) is 6.92 Å². The quantitative estimate of drug-likeness (QED) is 0.160. The molecule has 27 heavy (non-hydrogen) atoms. The van der Waals surface area contributed by atoms with E-state index in [2.05, 4.69) is 0 Å². The first-order chi connectivity index (χ1) is 11.7. The molecule has 0 aromatic rings. The summed E-state index contributed by atoms with van der Waals surface area (Å²) < 4.78 is 167. The summed E-state index contributed by atoms with van der Waals surface area (Å²) in [6, 6.07) is 0. The highest BCUT2D eigenvalue weighted by atomic mass is 127. The second-order valence-corrected chi connectivity index (χ2v) is 6.85. The molecule has 0 aliphatic rings. The van der Waals surface area contributed by atoms with Crippen LogP contribution in [0.25, 0.3) is 0 Å². The molecule has 0 aliphatic heterocycles. The number of unbranched alkanes of at least 4 members (excludes halogenated alkanes) is 2. The van der Waals surface area contributed by atoms with Gasteiger partial charge in [-0.1, -0.05) is 19.8 Å². The van der Waals surface area contributed by atoms with Gasteiger partial charge in [0.15, 0.2) is 0 Å². The van der Waals surface area contributed by atoms with Crippen molar-refractivity contribution in [3.05, 3.63) is 9.66 Å². The highest BCUT2D eigenvalue weighted by molar-refractivity contribution is 14.1. The lowest BCUT2D eigenvalue weighted by Gasteiger charge is -2.39. The number of hydrogen-bond acceptors (Lipinski definition) is 0.